The smallest absolute Gasteiger partial charge is 0.137 e. The average molecular weight is 291 g/mol. The summed E-state index contributed by atoms with van der Waals surface area (Å²) in [5.74, 6) is 0.670. The fourth-order valence-corrected chi connectivity index (χ4v) is 2.24. The average Bonchev–Trinajstić information content (AvgIpc) is 2.46. The molecule has 0 aliphatic rings. The van der Waals surface area contributed by atoms with E-state index in [1.165, 1.54) is 5.56 Å². The quantitative estimate of drug-likeness (QED) is 0.799. The molecule has 0 heterocycles. The van der Waals surface area contributed by atoms with Crippen LogP contribution in [0.5, 0.6) is 5.75 Å². The van der Waals surface area contributed by atoms with Crippen LogP contribution in [0.3, 0.4) is 0 Å². The Bertz CT molecular complexity index is 538. The molecule has 0 spiro atoms. The van der Waals surface area contributed by atoms with Crippen molar-refractivity contribution in [3.63, 3.8) is 0 Å². The second-order valence-electron chi connectivity index (χ2n) is 4.80. The van der Waals surface area contributed by atoms with Crippen molar-refractivity contribution in [1.29, 1.82) is 0 Å². The Labute approximate surface area is 125 Å². The molecule has 20 heavy (non-hydrogen) atoms. The van der Waals surface area contributed by atoms with Gasteiger partial charge in [0, 0.05) is 0 Å². The van der Waals surface area contributed by atoms with E-state index in [1.807, 2.05) is 30.3 Å². The van der Waals surface area contributed by atoms with Crippen LogP contribution in [0.25, 0.3) is 0 Å². The molecule has 0 saturated carbocycles. The third kappa shape index (κ3) is 4.26. The van der Waals surface area contributed by atoms with E-state index in [1.54, 1.807) is 13.0 Å². The van der Waals surface area contributed by atoms with E-state index in [0.717, 1.165) is 18.4 Å². The lowest BCUT2D eigenvalue weighted by atomic mass is 10.1. The standard InChI is InChI=1S/C17H19ClO2/c1-13(19)15-9-10-17(16(18)12-15)20-11-5-8-14-6-3-2-4-7-14/h2-4,6-7,9-10,12-13,19H,5,8,11H2,1H3/t13-/m0/s1. The lowest BCUT2D eigenvalue weighted by Crippen LogP contribution is -2.00. The van der Waals surface area contributed by atoms with Gasteiger partial charge in [-0.3, -0.25) is 0 Å². The first-order valence-electron chi connectivity index (χ1n) is 6.81. The Hall–Kier alpha value is -1.51. The van der Waals surface area contributed by atoms with E-state index in [0.29, 0.717) is 17.4 Å². The molecule has 0 unspecified atom stereocenters. The van der Waals surface area contributed by atoms with Crippen LogP contribution in [-0.2, 0) is 6.42 Å². The second-order valence-corrected chi connectivity index (χ2v) is 5.21. The first kappa shape index (κ1) is 14.9. The summed E-state index contributed by atoms with van der Waals surface area (Å²) < 4.78 is 5.68. The van der Waals surface area contributed by atoms with Gasteiger partial charge in [0.25, 0.3) is 0 Å². The van der Waals surface area contributed by atoms with Crippen molar-refractivity contribution in [2.75, 3.05) is 6.61 Å². The predicted octanol–water partition coefficient (Wildman–Crippen LogP) is 4.40. The Balaban J connectivity index is 1.82. The molecule has 2 rings (SSSR count). The molecule has 0 fully saturated rings. The molecule has 0 bridgehead atoms. The molecule has 106 valence electrons. The summed E-state index contributed by atoms with van der Waals surface area (Å²) in [4.78, 5) is 0. The molecule has 0 saturated heterocycles. The number of rotatable bonds is 6. The lowest BCUT2D eigenvalue weighted by Gasteiger charge is -2.11. The van der Waals surface area contributed by atoms with Crippen molar-refractivity contribution in [3.05, 3.63) is 64.7 Å². The Morgan fingerprint density at radius 2 is 1.90 bits per heavy atom. The summed E-state index contributed by atoms with van der Waals surface area (Å²) >= 11 is 6.13. The van der Waals surface area contributed by atoms with Gasteiger partial charge in [0.15, 0.2) is 0 Å². The van der Waals surface area contributed by atoms with Crippen molar-refractivity contribution in [2.45, 2.75) is 25.9 Å². The van der Waals surface area contributed by atoms with Crippen molar-refractivity contribution in [3.8, 4) is 5.75 Å². The SMILES string of the molecule is C[C@H](O)c1ccc(OCCCc2ccccc2)c(Cl)c1. The molecule has 2 nitrogen and oxygen atoms in total. The van der Waals surface area contributed by atoms with Crippen LogP contribution < -0.4 is 4.74 Å². The number of hydrogen-bond donors (Lipinski definition) is 1. The minimum Gasteiger partial charge on any atom is -0.492 e. The van der Waals surface area contributed by atoms with Crippen LogP contribution in [0.15, 0.2) is 48.5 Å². The Kier molecular flexibility index (Phi) is 5.45. The number of hydrogen-bond acceptors (Lipinski definition) is 2. The van der Waals surface area contributed by atoms with Crippen LogP contribution >= 0.6 is 11.6 Å². The molecule has 3 heteroatoms. The lowest BCUT2D eigenvalue weighted by molar-refractivity contribution is 0.199. The maximum absolute atomic E-state index is 9.48. The zero-order chi connectivity index (χ0) is 14.4. The highest BCUT2D eigenvalue weighted by Gasteiger charge is 2.06. The van der Waals surface area contributed by atoms with Crippen molar-refractivity contribution in [1.82, 2.24) is 0 Å². The monoisotopic (exact) mass is 290 g/mol. The number of benzene rings is 2. The predicted molar refractivity (Wildman–Crippen MR) is 82.3 cm³/mol. The zero-order valence-corrected chi connectivity index (χ0v) is 12.3. The van der Waals surface area contributed by atoms with E-state index in [-0.39, 0.29) is 0 Å². The molecule has 2 aromatic rings. The van der Waals surface area contributed by atoms with Crippen molar-refractivity contribution < 1.29 is 9.84 Å². The zero-order valence-electron chi connectivity index (χ0n) is 11.6. The van der Waals surface area contributed by atoms with Gasteiger partial charge in [-0.05, 0) is 43.0 Å². The van der Waals surface area contributed by atoms with E-state index in [9.17, 15) is 5.11 Å². The van der Waals surface area contributed by atoms with Gasteiger partial charge in [-0.1, -0.05) is 48.0 Å². The maximum atomic E-state index is 9.48. The number of ether oxygens (including phenoxy) is 1. The molecule has 0 aromatic heterocycles. The highest BCUT2D eigenvalue weighted by Crippen LogP contribution is 2.28. The van der Waals surface area contributed by atoms with Gasteiger partial charge < -0.3 is 9.84 Å². The van der Waals surface area contributed by atoms with Crippen molar-refractivity contribution in [2.24, 2.45) is 0 Å². The first-order valence-corrected chi connectivity index (χ1v) is 7.19. The summed E-state index contributed by atoms with van der Waals surface area (Å²) in [5.41, 5.74) is 2.11. The van der Waals surface area contributed by atoms with E-state index in [2.05, 4.69) is 12.1 Å². The van der Waals surface area contributed by atoms with Crippen LogP contribution in [0.4, 0.5) is 0 Å². The third-order valence-corrected chi connectivity index (χ3v) is 3.44. The molecule has 0 aliphatic heterocycles. The molecule has 2 aromatic carbocycles. The highest BCUT2D eigenvalue weighted by molar-refractivity contribution is 6.32. The van der Waals surface area contributed by atoms with Crippen LogP contribution in [0, 0.1) is 0 Å². The summed E-state index contributed by atoms with van der Waals surface area (Å²) in [5, 5.41) is 10.0. The van der Waals surface area contributed by atoms with E-state index >= 15 is 0 Å². The van der Waals surface area contributed by atoms with Gasteiger partial charge in [-0.25, -0.2) is 0 Å². The fourth-order valence-electron chi connectivity index (χ4n) is 2.00. The van der Waals surface area contributed by atoms with E-state index < -0.39 is 6.10 Å². The molecular weight excluding hydrogens is 272 g/mol. The van der Waals surface area contributed by atoms with Gasteiger partial charge in [0.2, 0.25) is 0 Å². The van der Waals surface area contributed by atoms with E-state index in [4.69, 9.17) is 16.3 Å². The normalized spacial score (nSPS) is 12.2. The van der Waals surface area contributed by atoms with Gasteiger partial charge in [-0.2, -0.15) is 0 Å². The summed E-state index contributed by atoms with van der Waals surface area (Å²) in [6, 6.07) is 15.7. The summed E-state index contributed by atoms with van der Waals surface area (Å²) in [6.07, 6.45) is 1.42. The van der Waals surface area contributed by atoms with Gasteiger partial charge in [-0.15, -0.1) is 0 Å². The third-order valence-electron chi connectivity index (χ3n) is 3.15. The first-order chi connectivity index (χ1) is 9.66. The van der Waals surface area contributed by atoms with Crippen LogP contribution in [0.1, 0.15) is 30.6 Å². The molecule has 1 atom stereocenters. The number of aliphatic hydroxyl groups excluding tert-OH is 1. The molecule has 0 amide bonds. The van der Waals surface area contributed by atoms with Crippen LogP contribution in [0.2, 0.25) is 5.02 Å². The highest BCUT2D eigenvalue weighted by atomic mass is 35.5. The van der Waals surface area contributed by atoms with Crippen molar-refractivity contribution >= 4 is 11.6 Å². The largest absolute Gasteiger partial charge is 0.492 e. The Morgan fingerprint density at radius 1 is 1.15 bits per heavy atom. The molecule has 0 aliphatic carbocycles. The Morgan fingerprint density at radius 3 is 2.55 bits per heavy atom. The number of halogens is 1. The molecular formula is C17H19ClO2. The minimum absolute atomic E-state index is 0.514. The van der Waals surface area contributed by atoms with Gasteiger partial charge >= 0.3 is 0 Å². The van der Waals surface area contributed by atoms with Gasteiger partial charge in [0.05, 0.1) is 17.7 Å². The maximum Gasteiger partial charge on any atom is 0.137 e. The minimum atomic E-state index is -0.514. The van der Waals surface area contributed by atoms with Crippen LogP contribution in [-0.4, -0.2) is 11.7 Å². The second kappa shape index (κ2) is 7.32. The number of aliphatic hydroxyl groups is 1. The molecule has 0 radical (unpaired) electrons. The summed E-state index contributed by atoms with van der Waals surface area (Å²) in [7, 11) is 0. The number of aryl methyl sites for hydroxylation is 1. The van der Waals surface area contributed by atoms with Gasteiger partial charge in [0.1, 0.15) is 5.75 Å². The molecule has 1 N–H and O–H groups in total. The summed E-state index contributed by atoms with van der Waals surface area (Å²) in [6.45, 7) is 2.34. The fraction of sp³-hybridized carbons (Fsp3) is 0.294. The topological polar surface area (TPSA) is 29.5 Å².